The molecular formula is C21H16F2N2O3S. The van der Waals surface area contributed by atoms with Crippen molar-refractivity contribution in [3.63, 3.8) is 0 Å². The lowest BCUT2D eigenvalue weighted by Gasteiger charge is -2.32. The third kappa shape index (κ3) is 3.88. The van der Waals surface area contributed by atoms with Crippen LogP contribution in [0.1, 0.15) is 33.3 Å². The normalized spacial score (nSPS) is 18.1. The van der Waals surface area contributed by atoms with Gasteiger partial charge in [-0.25, -0.2) is 18.6 Å². The number of nitrogens with zero attached hydrogens (tertiary/aromatic N) is 1. The Morgan fingerprint density at radius 2 is 2.07 bits per heavy atom. The number of benzene rings is 2. The van der Waals surface area contributed by atoms with Crippen LogP contribution >= 0.6 is 11.3 Å². The maximum absolute atomic E-state index is 13.8. The fraction of sp³-hybridized carbons (Fsp3) is 0.190. The molecule has 1 aromatic heterocycles. The number of anilines is 1. The van der Waals surface area contributed by atoms with Crippen molar-refractivity contribution in [3.05, 3.63) is 81.9 Å². The first kappa shape index (κ1) is 19.2. The lowest BCUT2D eigenvalue weighted by atomic mass is 9.89. The second-order valence-corrected chi connectivity index (χ2v) is 8.07. The van der Waals surface area contributed by atoms with Crippen LogP contribution in [0.4, 0.5) is 13.9 Å². The van der Waals surface area contributed by atoms with Crippen LogP contribution in [0.3, 0.4) is 0 Å². The first-order valence-electron chi connectivity index (χ1n) is 8.85. The van der Waals surface area contributed by atoms with E-state index >= 15 is 0 Å². The third-order valence-electron chi connectivity index (χ3n) is 4.72. The van der Waals surface area contributed by atoms with Gasteiger partial charge in [0, 0.05) is 30.0 Å². The number of fused-ring (bicyclic) bond motifs is 1. The molecule has 0 bridgehead atoms. The Kier molecular flexibility index (Phi) is 4.87. The molecule has 1 N–H and O–H groups in total. The van der Waals surface area contributed by atoms with Gasteiger partial charge in [0.2, 0.25) is 0 Å². The highest BCUT2D eigenvalue weighted by Crippen LogP contribution is 2.30. The zero-order chi connectivity index (χ0) is 20.6. The number of nitrogens with one attached hydrogen (secondary N) is 1. The average molecular weight is 414 g/mol. The molecule has 1 aliphatic rings. The number of aromatic nitrogens is 1. The second kappa shape index (κ2) is 7.36. The Hall–Kier alpha value is -3.13. The minimum Gasteiger partial charge on any atom is -0.445 e. The predicted molar refractivity (Wildman–Crippen MR) is 104 cm³/mol. The van der Waals surface area contributed by atoms with E-state index in [1.54, 1.807) is 31.2 Å². The number of amides is 1. The molecule has 5 nitrogen and oxygen atoms in total. The summed E-state index contributed by atoms with van der Waals surface area (Å²) in [6, 6.07) is 10.4. The number of rotatable bonds is 4. The number of thiazole rings is 1. The maximum atomic E-state index is 13.8. The quantitative estimate of drug-likeness (QED) is 0.652. The number of carbonyl (C=O) groups is 2. The van der Waals surface area contributed by atoms with Gasteiger partial charge in [-0.15, -0.1) is 11.3 Å². The van der Waals surface area contributed by atoms with Crippen LogP contribution in [-0.4, -0.2) is 22.5 Å². The van der Waals surface area contributed by atoms with Crippen molar-refractivity contribution in [2.45, 2.75) is 25.4 Å². The molecular weight excluding hydrogens is 398 g/mol. The summed E-state index contributed by atoms with van der Waals surface area (Å²) in [7, 11) is 0. The van der Waals surface area contributed by atoms with E-state index in [0.29, 0.717) is 21.1 Å². The third-order valence-corrected chi connectivity index (χ3v) is 5.63. The molecule has 4 rings (SSSR count). The van der Waals surface area contributed by atoms with Crippen molar-refractivity contribution < 1.29 is 23.1 Å². The smallest absolute Gasteiger partial charge is 0.339 e. The highest BCUT2D eigenvalue weighted by atomic mass is 32.1. The number of hydrogen-bond acceptors (Lipinski definition) is 5. The fourth-order valence-corrected chi connectivity index (χ4v) is 4.02. The van der Waals surface area contributed by atoms with E-state index in [1.165, 1.54) is 29.7 Å². The van der Waals surface area contributed by atoms with Gasteiger partial charge in [0.25, 0.3) is 5.91 Å². The van der Waals surface area contributed by atoms with Crippen LogP contribution in [0, 0.1) is 11.6 Å². The lowest BCUT2D eigenvalue weighted by molar-refractivity contribution is -0.134. The van der Waals surface area contributed by atoms with E-state index < -0.39 is 29.1 Å². The summed E-state index contributed by atoms with van der Waals surface area (Å²) in [5.74, 6) is -2.31. The van der Waals surface area contributed by atoms with Crippen LogP contribution in [-0.2, 0) is 22.4 Å². The Balaban J connectivity index is 1.47. The van der Waals surface area contributed by atoms with Crippen molar-refractivity contribution in [2.24, 2.45) is 0 Å². The van der Waals surface area contributed by atoms with E-state index in [9.17, 15) is 18.4 Å². The molecule has 0 saturated carbocycles. The molecule has 2 heterocycles. The Labute approximate surface area is 169 Å². The molecule has 0 fully saturated rings. The Bertz CT molecular complexity index is 1110. The van der Waals surface area contributed by atoms with Gasteiger partial charge in [0.1, 0.15) is 11.6 Å². The summed E-state index contributed by atoms with van der Waals surface area (Å²) in [6.07, 6.45) is 1.99. The molecule has 0 aliphatic carbocycles. The topological polar surface area (TPSA) is 68.3 Å². The summed E-state index contributed by atoms with van der Waals surface area (Å²) in [6.45, 7) is 1.55. The van der Waals surface area contributed by atoms with Crippen LogP contribution in [0.5, 0.6) is 0 Å². The maximum Gasteiger partial charge on any atom is 0.339 e. The largest absolute Gasteiger partial charge is 0.445 e. The molecule has 1 aliphatic heterocycles. The van der Waals surface area contributed by atoms with Gasteiger partial charge < -0.3 is 4.74 Å². The zero-order valence-corrected chi connectivity index (χ0v) is 16.2. The SMILES string of the molecule is CC1(C(=O)Nc2ncc(Cc3ccc(F)cc3F)s2)Cc2ccccc2C(=O)O1. The molecule has 3 aromatic rings. The number of ether oxygens (including phenoxy) is 1. The molecule has 1 atom stereocenters. The second-order valence-electron chi connectivity index (χ2n) is 6.95. The molecule has 2 aromatic carbocycles. The summed E-state index contributed by atoms with van der Waals surface area (Å²) in [5.41, 5.74) is 0.168. The molecule has 1 amide bonds. The van der Waals surface area contributed by atoms with E-state index in [1.807, 2.05) is 0 Å². The van der Waals surface area contributed by atoms with Gasteiger partial charge in [0.15, 0.2) is 10.7 Å². The first-order chi connectivity index (χ1) is 13.8. The van der Waals surface area contributed by atoms with Crippen LogP contribution in [0.2, 0.25) is 0 Å². The van der Waals surface area contributed by atoms with Crippen molar-refractivity contribution in [3.8, 4) is 0 Å². The van der Waals surface area contributed by atoms with Gasteiger partial charge in [-0.3, -0.25) is 10.1 Å². The first-order valence-corrected chi connectivity index (χ1v) is 9.67. The number of cyclic esters (lactones) is 1. The van der Waals surface area contributed by atoms with Crippen molar-refractivity contribution in [1.29, 1.82) is 0 Å². The monoisotopic (exact) mass is 414 g/mol. The van der Waals surface area contributed by atoms with E-state index in [4.69, 9.17) is 4.74 Å². The van der Waals surface area contributed by atoms with E-state index in [-0.39, 0.29) is 12.8 Å². The number of halogens is 2. The van der Waals surface area contributed by atoms with Gasteiger partial charge in [0.05, 0.1) is 5.56 Å². The molecule has 0 saturated heterocycles. The van der Waals surface area contributed by atoms with Crippen LogP contribution in [0.15, 0.2) is 48.7 Å². The highest BCUT2D eigenvalue weighted by molar-refractivity contribution is 7.15. The summed E-state index contributed by atoms with van der Waals surface area (Å²) in [5, 5.41) is 2.98. The van der Waals surface area contributed by atoms with E-state index in [0.717, 1.165) is 11.6 Å². The average Bonchev–Trinajstić information content (AvgIpc) is 3.11. The number of esters is 1. The van der Waals surface area contributed by atoms with Gasteiger partial charge in [-0.1, -0.05) is 24.3 Å². The van der Waals surface area contributed by atoms with E-state index in [2.05, 4.69) is 10.3 Å². The van der Waals surface area contributed by atoms with Crippen molar-refractivity contribution >= 4 is 28.3 Å². The lowest BCUT2D eigenvalue weighted by Crippen LogP contribution is -2.48. The number of hydrogen-bond donors (Lipinski definition) is 1. The summed E-state index contributed by atoms with van der Waals surface area (Å²) in [4.78, 5) is 29.9. The number of carbonyl (C=O) groups excluding carboxylic acids is 2. The fourth-order valence-electron chi connectivity index (χ4n) is 3.19. The van der Waals surface area contributed by atoms with Gasteiger partial charge in [-0.05, 0) is 30.2 Å². The van der Waals surface area contributed by atoms with Crippen LogP contribution < -0.4 is 5.32 Å². The highest BCUT2D eigenvalue weighted by Gasteiger charge is 2.42. The van der Waals surface area contributed by atoms with Crippen molar-refractivity contribution in [1.82, 2.24) is 4.98 Å². The Morgan fingerprint density at radius 1 is 1.28 bits per heavy atom. The van der Waals surface area contributed by atoms with Crippen LogP contribution in [0.25, 0.3) is 0 Å². The van der Waals surface area contributed by atoms with Crippen molar-refractivity contribution in [2.75, 3.05) is 5.32 Å². The minimum atomic E-state index is -1.36. The summed E-state index contributed by atoms with van der Waals surface area (Å²) >= 11 is 1.17. The summed E-state index contributed by atoms with van der Waals surface area (Å²) < 4.78 is 32.3. The van der Waals surface area contributed by atoms with Gasteiger partial charge in [-0.2, -0.15) is 0 Å². The zero-order valence-electron chi connectivity index (χ0n) is 15.4. The molecule has 0 spiro atoms. The minimum absolute atomic E-state index is 0.222. The molecule has 29 heavy (non-hydrogen) atoms. The molecule has 8 heteroatoms. The molecule has 148 valence electrons. The Morgan fingerprint density at radius 3 is 2.86 bits per heavy atom. The van der Waals surface area contributed by atoms with Gasteiger partial charge >= 0.3 is 5.97 Å². The molecule has 1 unspecified atom stereocenters. The standard InChI is InChI=1S/C21H16F2N2O3S/c1-21(10-13-4-2-3-5-16(13)18(26)28-21)19(27)25-20-24-11-15(29-20)8-12-6-7-14(22)9-17(12)23/h2-7,9,11H,8,10H2,1H3,(H,24,25,27). The molecule has 0 radical (unpaired) electrons. The predicted octanol–water partition coefficient (Wildman–Crippen LogP) is 4.12.